The van der Waals surface area contributed by atoms with E-state index in [4.69, 9.17) is 18.3 Å². The second-order valence-electron chi connectivity index (χ2n) is 12.0. The summed E-state index contributed by atoms with van der Waals surface area (Å²) in [6.07, 6.45) is 0.526. The number of amides is 1. The molecule has 1 amide bonds. The van der Waals surface area contributed by atoms with E-state index in [9.17, 15) is 4.79 Å². The molecule has 37 heavy (non-hydrogen) atoms. The Morgan fingerprint density at radius 3 is 2.27 bits per heavy atom. The summed E-state index contributed by atoms with van der Waals surface area (Å²) in [6, 6.07) is 13.1. The Morgan fingerprint density at radius 1 is 1.05 bits per heavy atom. The van der Waals surface area contributed by atoms with Gasteiger partial charge in [0, 0.05) is 24.4 Å². The zero-order valence-electron chi connectivity index (χ0n) is 24.0. The van der Waals surface area contributed by atoms with Gasteiger partial charge < -0.3 is 18.3 Å². The second-order valence-corrected chi connectivity index (χ2v) is 16.7. The number of carbonyl (C=O) groups is 1. The van der Waals surface area contributed by atoms with Crippen molar-refractivity contribution >= 4 is 31.2 Å². The summed E-state index contributed by atoms with van der Waals surface area (Å²) in [4.78, 5) is 18.5. The van der Waals surface area contributed by atoms with E-state index in [1.54, 1.807) is 7.05 Å². The minimum absolute atomic E-state index is 0.0433. The molecule has 0 fully saturated rings. The monoisotopic (exact) mass is 526 g/mol. The molecule has 0 bridgehead atoms. The van der Waals surface area contributed by atoms with Gasteiger partial charge in [0.15, 0.2) is 13.9 Å². The Bertz CT molecular complexity index is 1210. The van der Waals surface area contributed by atoms with E-state index in [1.807, 2.05) is 63.2 Å². The average Bonchev–Trinajstić information content (AvgIpc) is 3.23. The fraction of sp³-hybridized carbons (Fsp3) is 0.517. The fourth-order valence-electron chi connectivity index (χ4n) is 3.40. The zero-order chi connectivity index (χ0) is 27.6. The highest BCUT2D eigenvalue weighted by molar-refractivity contribution is 6.74. The number of benzene rings is 2. The first-order chi connectivity index (χ1) is 17.1. The zero-order valence-corrected chi connectivity index (χ0v) is 25.0. The number of ether oxygens (including phenoxy) is 2. The van der Waals surface area contributed by atoms with Crippen LogP contribution >= 0.6 is 0 Å². The van der Waals surface area contributed by atoms with Crippen molar-refractivity contribution in [3.05, 3.63) is 42.5 Å². The van der Waals surface area contributed by atoms with E-state index in [0.717, 1.165) is 28.9 Å². The van der Waals surface area contributed by atoms with E-state index in [1.165, 1.54) is 4.90 Å². The van der Waals surface area contributed by atoms with Crippen LogP contribution in [0, 0.1) is 0 Å². The Morgan fingerprint density at radius 2 is 1.70 bits per heavy atom. The lowest BCUT2D eigenvalue weighted by Gasteiger charge is -2.39. The minimum atomic E-state index is -1.87. The Balaban J connectivity index is 1.69. The molecule has 1 heterocycles. The molecular weight excluding hydrogens is 484 g/mol. The maximum atomic E-state index is 12.3. The smallest absolute Gasteiger partial charge is 0.414 e. The van der Waals surface area contributed by atoms with Gasteiger partial charge in [0.05, 0.1) is 6.10 Å². The lowest BCUT2D eigenvalue weighted by molar-refractivity contribution is 0.0589. The van der Waals surface area contributed by atoms with Crippen molar-refractivity contribution < 1.29 is 23.1 Å². The van der Waals surface area contributed by atoms with Gasteiger partial charge >= 0.3 is 6.09 Å². The lowest BCUT2D eigenvalue weighted by Crippen LogP contribution is -2.45. The standard InChI is InChI=1S/C29H42N2O5Si/c1-11-22(36-37(9,10)29(5,6)7)19-33-23-16-17-25-24(18-23)30-26(34-25)20-12-14-21(15-13-20)31(8)27(32)35-28(2,3)4/h12-18,22H,11,19H2,1-10H3/t22-/m0/s1. The lowest BCUT2D eigenvalue weighted by atomic mass is 10.2. The van der Waals surface area contributed by atoms with Gasteiger partial charge in [-0.25, -0.2) is 9.78 Å². The Hall–Kier alpha value is -2.84. The third-order valence-corrected chi connectivity index (χ3v) is 11.2. The highest BCUT2D eigenvalue weighted by Gasteiger charge is 2.39. The SMILES string of the molecule is CC[C@@H](COc1ccc2oc(-c3ccc(N(C)C(=O)OC(C)(C)C)cc3)nc2c1)O[Si](C)(C)C(C)(C)C. The van der Waals surface area contributed by atoms with Crippen molar-refractivity contribution in [2.45, 2.75) is 84.7 Å². The summed E-state index contributed by atoms with van der Waals surface area (Å²) in [5, 5.41) is 0.153. The number of nitrogens with zero attached hydrogens (tertiary/aromatic N) is 2. The molecule has 1 atom stereocenters. The van der Waals surface area contributed by atoms with E-state index in [0.29, 0.717) is 18.1 Å². The van der Waals surface area contributed by atoms with Gasteiger partial charge in [0.25, 0.3) is 0 Å². The van der Waals surface area contributed by atoms with Crippen LogP contribution in [0.25, 0.3) is 22.6 Å². The van der Waals surface area contributed by atoms with Gasteiger partial charge in [-0.3, -0.25) is 4.90 Å². The average molecular weight is 527 g/mol. The van der Waals surface area contributed by atoms with Crippen molar-refractivity contribution in [3.63, 3.8) is 0 Å². The Kier molecular flexibility index (Phi) is 8.44. The van der Waals surface area contributed by atoms with Crippen LogP contribution in [0.4, 0.5) is 10.5 Å². The highest BCUT2D eigenvalue weighted by Crippen LogP contribution is 2.37. The second kappa shape index (κ2) is 10.9. The summed E-state index contributed by atoms with van der Waals surface area (Å²) in [6.45, 7) is 19.4. The van der Waals surface area contributed by atoms with Gasteiger partial charge in [0.2, 0.25) is 5.89 Å². The molecule has 8 heteroatoms. The van der Waals surface area contributed by atoms with Gasteiger partial charge in [-0.15, -0.1) is 0 Å². The third-order valence-electron chi connectivity index (χ3n) is 6.69. The third kappa shape index (κ3) is 7.35. The predicted octanol–water partition coefficient (Wildman–Crippen LogP) is 8.05. The summed E-state index contributed by atoms with van der Waals surface area (Å²) < 4.78 is 24.1. The van der Waals surface area contributed by atoms with Crippen LogP contribution in [0.15, 0.2) is 46.9 Å². The van der Waals surface area contributed by atoms with Crippen molar-refractivity contribution in [2.24, 2.45) is 0 Å². The topological polar surface area (TPSA) is 74.0 Å². The van der Waals surface area contributed by atoms with Crippen LogP contribution in [-0.2, 0) is 9.16 Å². The van der Waals surface area contributed by atoms with Gasteiger partial charge in [0.1, 0.15) is 23.5 Å². The van der Waals surface area contributed by atoms with Gasteiger partial charge in [-0.1, -0.05) is 27.7 Å². The molecule has 3 aromatic rings. The number of hydrogen-bond acceptors (Lipinski definition) is 6. The van der Waals surface area contributed by atoms with Crippen LogP contribution in [-0.4, -0.2) is 44.8 Å². The number of hydrogen-bond donors (Lipinski definition) is 0. The molecule has 0 N–H and O–H groups in total. The molecule has 0 aliphatic heterocycles. The molecule has 0 unspecified atom stereocenters. The highest BCUT2D eigenvalue weighted by atomic mass is 28.4. The van der Waals surface area contributed by atoms with Crippen molar-refractivity contribution in [3.8, 4) is 17.2 Å². The molecular formula is C29H42N2O5Si. The first-order valence-electron chi connectivity index (χ1n) is 12.9. The largest absolute Gasteiger partial charge is 0.491 e. The molecule has 0 aliphatic rings. The van der Waals surface area contributed by atoms with Crippen LogP contribution in [0.3, 0.4) is 0 Å². The van der Waals surface area contributed by atoms with Gasteiger partial charge in [-0.05, 0) is 81.7 Å². The number of fused-ring (bicyclic) bond motifs is 1. The molecule has 0 spiro atoms. The number of carbonyl (C=O) groups excluding carboxylic acids is 1. The summed E-state index contributed by atoms with van der Waals surface area (Å²) in [7, 11) is -0.184. The van der Waals surface area contributed by atoms with Crippen molar-refractivity contribution in [2.75, 3.05) is 18.6 Å². The number of anilines is 1. The molecule has 0 saturated heterocycles. The fourth-order valence-corrected chi connectivity index (χ4v) is 4.82. The van der Waals surface area contributed by atoms with Crippen LogP contribution in [0.5, 0.6) is 5.75 Å². The van der Waals surface area contributed by atoms with Crippen LogP contribution < -0.4 is 9.64 Å². The molecule has 0 aliphatic carbocycles. The molecule has 202 valence electrons. The normalized spacial score (nSPS) is 13.5. The van der Waals surface area contributed by atoms with Crippen LogP contribution in [0.1, 0.15) is 54.9 Å². The van der Waals surface area contributed by atoms with E-state index >= 15 is 0 Å². The maximum absolute atomic E-state index is 12.3. The molecule has 1 aromatic heterocycles. The molecule has 3 rings (SSSR count). The molecule has 0 saturated carbocycles. The van der Waals surface area contributed by atoms with Crippen molar-refractivity contribution in [1.29, 1.82) is 0 Å². The van der Waals surface area contributed by atoms with E-state index < -0.39 is 20.0 Å². The summed E-state index contributed by atoms with van der Waals surface area (Å²) in [5.74, 6) is 1.24. The first-order valence-corrected chi connectivity index (χ1v) is 15.8. The molecule has 2 aromatic carbocycles. The summed E-state index contributed by atoms with van der Waals surface area (Å²) >= 11 is 0. The number of aromatic nitrogens is 1. The predicted molar refractivity (Wildman–Crippen MR) is 152 cm³/mol. The van der Waals surface area contributed by atoms with Crippen LogP contribution in [0.2, 0.25) is 18.1 Å². The van der Waals surface area contributed by atoms with E-state index in [2.05, 4.69) is 45.8 Å². The van der Waals surface area contributed by atoms with E-state index in [-0.39, 0.29) is 11.1 Å². The summed E-state index contributed by atoms with van der Waals surface area (Å²) in [5.41, 5.74) is 2.38. The quantitative estimate of drug-likeness (QED) is 0.276. The van der Waals surface area contributed by atoms with Crippen molar-refractivity contribution in [1.82, 2.24) is 4.98 Å². The minimum Gasteiger partial charge on any atom is -0.491 e. The number of oxazole rings is 1. The first kappa shape index (κ1) is 28.7. The number of rotatable bonds is 8. The Labute approximate surface area is 222 Å². The maximum Gasteiger partial charge on any atom is 0.414 e. The molecule has 0 radical (unpaired) electrons. The molecule has 7 nitrogen and oxygen atoms in total. The van der Waals surface area contributed by atoms with Gasteiger partial charge in [-0.2, -0.15) is 0 Å².